The molecule has 3 aromatic rings. The molecule has 0 fully saturated rings. The number of ether oxygens (including phenoxy) is 1. The van der Waals surface area contributed by atoms with Crippen molar-refractivity contribution in [2.75, 3.05) is 11.9 Å². The fourth-order valence-electron chi connectivity index (χ4n) is 2.36. The van der Waals surface area contributed by atoms with Gasteiger partial charge in [0.1, 0.15) is 5.75 Å². The summed E-state index contributed by atoms with van der Waals surface area (Å²) in [6, 6.07) is 15.5. The summed E-state index contributed by atoms with van der Waals surface area (Å²) >= 11 is 2.99. The van der Waals surface area contributed by atoms with E-state index in [1.165, 1.54) is 22.5 Å². The molecule has 7 heteroatoms. The Morgan fingerprint density at radius 3 is 2.74 bits per heavy atom. The van der Waals surface area contributed by atoms with Crippen LogP contribution in [0.15, 0.2) is 52.9 Å². The maximum atomic E-state index is 12.3. The van der Waals surface area contributed by atoms with Gasteiger partial charge in [0.15, 0.2) is 4.34 Å². The van der Waals surface area contributed by atoms with Gasteiger partial charge in [0.05, 0.1) is 6.61 Å². The molecule has 1 N–H and O–H groups in total. The summed E-state index contributed by atoms with van der Waals surface area (Å²) in [4.78, 5) is 12.3. The number of amides is 1. The largest absolute Gasteiger partial charge is 0.494 e. The first kappa shape index (κ1) is 19.4. The molecule has 0 radical (unpaired) electrons. The third-order valence-electron chi connectivity index (χ3n) is 3.66. The zero-order chi connectivity index (χ0) is 19.1. The van der Waals surface area contributed by atoms with Gasteiger partial charge in [-0.15, -0.1) is 10.2 Å². The van der Waals surface area contributed by atoms with Crippen LogP contribution in [-0.4, -0.2) is 22.7 Å². The van der Waals surface area contributed by atoms with Crippen LogP contribution in [0, 0.1) is 6.92 Å². The van der Waals surface area contributed by atoms with E-state index in [1.54, 1.807) is 36.0 Å². The maximum Gasteiger partial charge on any atom is 0.257 e. The molecular formula is C20H21N3O2S2. The third kappa shape index (κ3) is 5.80. The summed E-state index contributed by atoms with van der Waals surface area (Å²) in [6.45, 7) is 4.80. The van der Waals surface area contributed by atoms with Crippen LogP contribution in [0.3, 0.4) is 0 Å². The van der Waals surface area contributed by atoms with E-state index in [2.05, 4.69) is 53.6 Å². The Bertz CT molecular complexity index is 894. The van der Waals surface area contributed by atoms with Crippen molar-refractivity contribution in [2.45, 2.75) is 30.4 Å². The zero-order valence-corrected chi connectivity index (χ0v) is 16.9. The van der Waals surface area contributed by atoms with Crippen LogP contribution in [0.25, 0.3) is 0 Å². The summed E-state index contributed by atoms with van der Waals surface area (Å²) in [5.41, 5.74) is 3.04. The number of nitrogens with one attached hydrogen (secondary N) is 1. The molecule has 1 aromatic heterocycles. The molecule has 0 saturated carbocycles. The lowest BCUT2D eigenvalue weighted by Gasteiger charge is -2.05. The summed E-state index contributed by atoms with van der Waals surface area (Å²) in [7, 11) is 0. The van der Waals surface area contributed by atoms with E-state index in [-0.39, 0.29) is 5.91 Å². The number of rotatable bonds is 8. The fraction of sp³-hybridized carbons (Fsp3) is 0.250. The number of carbonyl (C=O) groups is 1. The van der Waals surface area contributed by atoms with E-state index < -0.39 is 0 Å². The van der Waals surface area contributed by atoms with Crippen LogP contribution >= 0.6 is 23.1 Å². The molecule has 0 aliphatic heterocycles. The number of anilines is 1. The highest BCUT2D eigenvalue weighted by molar-refractivity contribution is 8.00. The van der Waals surface area contributed by atoms with E-state index >= 15 is 0 Å². The van der Waals surface area contributed by atoms with Gasteiger partial charge in [0, 0.05) is 11.3 Å². The molecule has 0 atom stereocenters. The molecule has 0 unspecified atom stereocenters. The standard InChI is InChI=1S/C20H21N3O2S2/c1-3-11-25-17-9-7-16(8-10-17)18(24)21-19-22-23-20(27-19)26-13-15-6-4-5-14(2)12-15/h4-10,12H,3,11,13H2,1-2H3,(H,21,22,24). The highest BCUT2D eigenvalue weighted by atomic mass is 32.2. The van der Waals surface area contributed by atoms with Crippen LogP contribution < -0.4 is 10.1 Å². The minimum Gasteiger partial charge on any atom is -0.494 e. The molecular weight excluding hydrogens is 378 g/mol. The number of carbonyl (C=O) groups excluding carboxylic acids is 1. The lowest BCUT2D eigenvalue weighted by molar-refractivity contribution is 0.102. The number of benzene rings is 2. The topological polar surface area (TPSA) is 64.1 Å². The van der Waals surface area contributed by atoms with E-state index in [1.807, 2.05) is 0 Å². The van der Waals surface area contributed by atoms with Crippen molar-refractivity contribution in [1.82, 2.24) is 10.2 Å². The summed E-state index contributed by atoms with van der Waals surface area (Å²) in [5, 5.41) is 11.5. The van der Waals surface area contributed by atoms with Crippen LogP contribution in [0.4, 0.5) is 5.13 Å². The first-order valence-corrected chi connectivity index (χ1v) is 10.5. The summed E-state index contributed by atoms with van der Waals surface area (Å²) in [5.74, 6) is 1.38. The lowest BCUT2D eigenvalue weighted by Crippen LogP contribution is -2.11. The van der Waals surface area contributed by atoms with Gasteiger partial charge in [-0.3, -0.25) is 10.1 Å². The van der Waals surface area contributed by atoms with Crippen LogP contribution in [0.5, 0.6) is 5.75 Å². The second-order valence-corrected chi connectivity index (χ2v) is 8.18. The van der Waals surface area contributed by atoms with Gasteiger partial charge in [0.2, 0.25) is 5.13 Å². The van der Waals surface area contributed by atoms with Crippen molar-refractivity contribution in [1.29, 1.82) is 0 Å². The van der Waals surface area contributed by atoms with Gasteiger partial charge in [-0.05, 0) is 43.2 Å². The highest BCUT2D eigenvalue weighted by Crippen LogP contribution is 2.28. The van der Waals surface area contributed by atoms with Gasteiger partial charge in [-0.1, -0.05) is 59.9 Å². The number of aryl methyl sites for hydroxylation is 1. The summed E-state index contributed by atoms with van der Waals surface area (Å²) in [6.07, 6.45) is 0.948. The minimum atomic E-state index is -0.205. The number of thioether (sulfide) groups is 1. The highest BCUT2D eigenvalue weighted by Gasteiger charge is 2.11. The molecule has 1 heterocycles. The third-order valence-corrected chi connectivity index (χ3v) is 5.70. The minimum absolute atomic E-state index is 0.205. The smallest absolute Gasteiger partial charge is 0.257 e. The van der Waals surface area contributed by atoms with Crippen molar-refractivity contribution >= 4 is 34.1 Å². The zero-order valence-electron chi connectivity index (χ0n) is 15.3. The lowest BCUT2D eigenvalue weighted by atomic mass is 10.2. The van der Waals surface area contributed by atoms with E-state index in [9.17, 15) is 4.79 Å². The first-order chi connectivity index (χ1) is 13.1. The quantitative estimate of drug-likeness (QED) is 0.418. The number of hydrogen-bond acceptors (Lipinski definition) is 6. The Morgan fingerprint density at radius 1 is 1.19 bits per heavy atom. The Morgan fingerprint density at radius 2 is 2.00 bits per heavy atom. The van der Waals surface area contributed by atoms with Crippen molar-refractivity contribution < 1.29 is 9.53 Å². The molecule has 1 amide bonds. The molecule has 0 aliphatic carbocycles. The van der Waals surface area contributed by atoms with E-state index in [0.717, 1.165) is 22.3 Å². The predicted octanol–water partition coefficient (Wildman–Crippen LogP) is 5.18. The first-order valence-electron chi connectivity index (χ1n) is 8.70. The molecule has 0 aliphatic rings. The van der Waals surface area contributed by atoms with Crippen molar-refractivity contribution in [3.8, 4) is 5.75 Å². The molecule has 0 bridgehead atoms. The fourth-order valence-corrected chi connectivity index (χ4v) is 4.05. The van der Waals surface area contributed by atoms with Crippen molar-refractivity contribution in [3.05, 3.63) is 65.2 Å². The Balaban J connectivity index is 1.54. The molecule has 3 rings (SSSR count). The molecule has 5 nitrogen and oxygen atoms in total. The van der Waals surface area contributed by atoms with E-state index in [4.69, 9.17) is 4.74 Å². The summed E-state index contributed by atoms with van der Waals surface area (Å²) < 4.78 is 6.36. The Kier molecular flexibility index (Phi) is 6.84. The normalized spacial score (nSPS) is 10.6. The van der Waals surface area contributed by atoms with Gasteiger partial charge >= 0.3 is 0 Å². The Labute approximate surface area is 167 Å². The van der Waals surface area contributed by atoms with E-state index in [0.29, 0.717) is 17.3 Å². The molecule has 0 saturated heterocycles. The molecule has 0 spiro atoms. The predicted molar refractivity (Wildman–Crippen MR) is 111 cm³/mol. The number of aromatic nitrogens is 2. The van der Waals surface area contributed by atoms with Gasteiger partial charge < -0.3 is 4.74 Å². The second-order valence-electron chi connectivity index (χ2n) is 5.98. The van der Waals surface area contributed by atoms with Crippen LogP contribution in [0.1, 0.15) is 34.8 Å². The van der Waals surface area contributed by atoms with Gasteiger partial charge in [0.25, 0.3) is 5.91 Å². The SMILES string of the molecule is CCCOc1ccc(C(=O)Nc2nnc(SCc3cccc(C)c3)s2)cc1. The molecule has 140 valence electrons. The molecule has 27 heavy (non-hydrogen) atoms. The van der Waals surface area contributed by atoms with Crippen molar-refractivity contribution in [3.63, 3.8) is 0 Å². The van der Waals surface area contributed by atoms with Gasteiger partial charge in [-0.25, -0.2) is 0 Å². The van der Waals surface area contributed by atoms with Gasteiger partial charge in [-0.2, -0.15) is 0 Å². The van der Waals surface area contributed by atoms with Crippen LogP contribution in [0.2, 0.25) is 0 Å². The molecule has 2 aromatic carbocycles. The maximum absolute atomic E-state index is 12.3. The number of hydrogen-bond donors (Lipinski definition) is 1. The second kappa shape index (κ2) is 9.53. The van der Waals surface area contributed by atoms with Crippen LogP contribution in [-0.2, 0) is 5.75 Å². The monoisotopic (exact) mass is 399 g/mol. The average molecular weight is 400 g/mol. The van der Waals surface area contributed by atoms with Crippen molar-refractivity contribution in [2.24, 2.45) is 0 Å². The Hall–Kier alpha value is -2.38. The number of nitrogens with zero attached hydrogens (tertiary/aromatic N) is 2. The average Bonchev–Trinajstić information content (AvgIpc) is 3.12.